The number of amides is 1. The van der Waals surface area contributed by atoms with Crippen LogP contribution in [0.3, 0.4) is 0 Å². The van der Waals surface area contributed by atoms with Gasteiger partial charge in [0.2, 0.25) is 0 Å². The summed E-state index contributed by atoms with van der Waals surface area (Å²) in [5.74, 6) is 0.623. The van der Waals surface area contributed by atoms with Crippen molar-refractivity contribution in [3.8, 4) is 5.75 Å². The van der Waals surface area contributed by atoms with Crippen LogP contribution >= 0.6 is 0 Å². The topological polar surface area (TPSA) is 74.4 Å². The van der Waals surface area contributed by atoms with E-state index < -0.39 is 0 Å². The van der Waals surface area contributed by atoms with Gasteiger partial charge in [0.1, 0.15) is 5.75 Å². The maximum absolute atomic E-state index is 13.2. The van der Waals surface area contributed by atoms with E-state index in [4.69, 9.17) is 4.74 Å². The number of H-pyrrole nitrogens is 1. The van der Waals surface area contributed by atoms with Crippen molar-refractivity contribution in [2.24, 2.45) is 0 Å². The molecule has 0 radical (unpaired) electrons. The summed E-state index contributed by atoms with van der Waals surface area (Å²) in [5, 5.41) is 2.98. The van der Waals surface area contributed by atoms with E-state index in [1.807, 2.05) is 31.2 Å². The predicted molar refractivity (Wildman–Crippen MR) is 131 cm³/mol. The van der Waals surface area contributed by atoms with Crippen molar-refractivity contribution in [2.75, 3.05) is 14.1 Å². The first kappa shape index (κ1) is 23.3. The highest BCUT2D eigenvalue weighted by atomic mass is 16.5. The molecule has 2 aromatic rings. The van der Waals surface area contributed by atoms with Gasteiger partial charge in [0.05, 0.1) is 6.10 Å². The number of carbonyl (C=O) groups is 1. The maximum Gasteiger partial charge on any atom is 0.253 e. The Morgan fingerprint density at radius 3 is 2.58 bits per heavy atom. The van der Waals surface area contributed by atoms with E-state index in [1.165, 1.54) is 0 Å². The fourth-order valence-corrected chi connectivity index (χ4v) is 4.98. The summed E-state index contributed by atoms with van der Waals surface area (Å²) >= 11 is 0. The van der Waals surface area contributed by atoms with E-state index in [0.717, 1.165) is 61.1 Å². The molecule has 0 spiro atoms. The molecule has 1 amide bonds. The van der Waals surface area contributed by atoms with Crippen molar-refractivity contribution in [1.82, 2.24) is 15.2 Å². The first-order chi connectivity index (χ1) is 15.9. The van der Waals surface area contributed by atoms with Crippen LogP contribution in [0, 0.1) is 6.92 Å². The molecule has 1 aliphatic carbocycles. The number of benzene rings is 1. The summed E-state index contributed by atoms with van der Waals surface area (Å²) in [6.45, 7) is 2.10. The standard InChI is InChI=1S/C27H35N3O3/c1-18-16-19-8-5-4-6-9-22-23(26(31)28-17-24(19)27(32)29-18)10-7-11-25(22)33-21-14-12-20(13-15-21)30(2)3/h4,6-7,10-11,16,20-21H,5,8-9,12-15,17H2,1-3H3,(H,28,31)(H,29,32)/t20-,21-. The van der Waals surface area contributed by atoms with Gasteiger partial charge in [-0.15, -0.1) is 0 Å². The van der Waals surface area contributed by atoms with E-state index in [9.17, 15) is 9.59 Å². The summed E-state index contributed by atoms with van der Waals surface area (Å²) in [4.78, 5) is 30.9. The Balaban J connectivity index is 1.57. The fourth-order valence-electron chi connectivity index (χ4n) is 4.98. The fraction of sp³-hybridized carbons (Fsp3) is 0.481. The number of aromatic nitrogens is 1. The van der Waals surface area contributed by atoms with Crippen LogP contribution in [-0.4, -0.2) is 42.0 Å². The Labute approximate surface area is 196 Å². The number of rotatable bonds is 3. The zero-order valence-corrected chi connectivity index (χ0v) is 19.9. The highest BCUT2D eigenvalue weighted by Crippen LogP contribution is 2.30. The number of pyridine rings is 1. The normalized spacial score (nSPS) is 21.4. The molecule has 2 N–H and O–H groups in total. The van der Waals surface area contributed by atoms with Gasteiger partial charge in [0, 0.05) is 35.0 Å². The first-order valence-corrected chi connectivity index (χ1v) is 12.0. The lowest BCUT2D eigenvalue weighted by molar-refractivity contribution is 0.0945. The van der Waals surface area contributed by atoms with Gasteiger partial charge in [-0.25, -0.2) is 0 Å². The smallest absolute Gasteiger partial charge is 0.253 e. The number of hydrogen-bond donors (Lipinski definition) is 2. The molecule has 6 nitrogen and oxygen atoms in total. The Kier molecular flexibility index (Phi) is 7.33. The van der Waals surface area contributed by atoms with E-state index in [2.05, 4.69) is 41.4 Å². The molecular formula is C27H35N3O3. The molecule has 0 atom stereocenters. The molecule has 1 aliphatic heterocycles. The van der Waals surface area contributed by atoms with Crippen LogP contribution in [0.15, 0.2) is 41.2 Å². The molecule has 2 aliphatic rings. The predicted octanol–water partition coefficient (Wildman–Crippen LogP) is 3.91. The lowest BCUT2D eigenvalue weighted by Gasteiger charge is -2.33. The van der Waals surface area contributed by atoms with E-state index in [-0.39, 0.29) is 24.1 Å². The lowest BCUT2D eigenvalue weighted by atomic mass is 9.92. The van der Waals surface area contributed by atoms with Gasteiger partial charge in [0.15, 0.2) is 0 Å². The minimum atomic E-state index is -0.174. The second kappa shape index (κ2) is 10.4. The largest absolute Gasteiger partial charge is 0.490 e. The van der Waals surface area contributed by atoms with Crippen LogP contribution in [-0.2, 0) is 19.4 Å². The molecular weight excluding hydrogens is 414 g/mol. The van der Waals surface area contributed by atoms with Crippen molar-refractivity contribution < 1.29 is 9.53 Å². The average molecular weight is 450 g/mol. The molecule has 0 unspecified atom stereocenters. The molecule has 1 aromatic carbocycles. The number of aryl methyl sites for hydroxylation is 2. The van der Waals surface area contributed by atoms with Gasteiger partial charge in [-0.1, -0.05) is 18.2 Å². The van der Waals surface area contributed by atoms with Crippen LogP contribution in [0.4, 0.5) is 0 Å². The lowest BCUT2D eigenvalue weighted by Crippen LogP contribution is -2.35. The third-order valence-corrected chi connectivity index (χ3v) is 6.90. The molecule has 1 fully saturated rings. The number of hydrogen-bond acceptors (Lipinski definition) is 4. The number of aromatic amines is 1. The zero-order valence-electron chi connectivity index (χ0n) is 19.9. The van der Waals surface area contributed by atoms with Crippen LogP contribution in [0.25, 0.3) is 0 Å². The molecule has 0 bridgehead atoms. The summed E-state index contributed by atoms with van der Waals surface area (Å²) in [7, 11) is 4.28. The molecule has 176 valence electrons. The highest BCUT2D eigenvalue weighted by Gasteiger charge is 2.25. The van der Waals surface area contributed by atoms with Crippen LogP contribution in [0.5, 0.6) is 5.75 Å². The van der Waals surface area contributed by atoms with Gasteiger partial charge < -0.3 is 19.9 Å². The van der Waals surface area contributed by atoms with E-state index in [0.29, 0.717) is 23.6 Å². The molecule has 1 saturated carbocycles. The third kappa shape index (κ3) is 5.56. The summed E-state index contributed by atoms with van der Waals surface area (Å²) in [6.07, 6.45) is 11.0. The monoisotopic (exact) mass is 449 g/mol. The van der Waals surface area contributed by atoms with Crippen LogP contribution < -0.4 is 15.6 Å². The Bertz CT molecular complexity index is 1080. The number of ether oxygens (including phenoxy) is 1. The zero-order chi connectivity index (χ0) is 23.4. The van der Waals surface area contributed by atoms with Gasteiger partial charge in [-0.3, -0.25) is 9.59 Å². The van der Waals surface area contributed by atoms with Crippen LogP contribution in [0.2, 0.25) is 0 Å². The van der Waals surface area contributed by atoms with Gasteiger partial charge in [-0.05, 0) is 89.7 Å². The number of nitrogens with zero attached hydrogens (tertiary/aromatic N) is 1. The molecule has 1 aromatic heterocycles. The quantitative estimate of drug-likeness (QED) is 0.697. The van der Waals surface area contributed by atoms with Crippen molar-refractivity contribution in [2.45, 2.75) is 70.6 Å². The minimum absolute atomic E-state index is 0.128. The third-order valence-electron chi connectivity index (χ3n) is 6.90. The van der Waals surface area contributed by atoms with E-state index >= 15 is 0 Å². The van der Waals surface area contributed by atoms with Crippen LogP contribution in [0.1, 0.15) is 64.8 Å². The SMILES string of the molecule is Cc1cc2c(c(=O)[nH]1)CNC(=O)c1cccc(O[C@H]3CC[C@H](N(C)C)CC3)c1CC=CCC2. The van der Waals surface area contributed by atoms with E-state index in [1.54, 1.807) is 0 Å². The Hall–Kier alpha value is -2.86. The second-order valence-corrected chi connectivity index (χ2v) is 9.48. The number of nitrogens with one attached hydrogen (secondary N) is 2. The number of fused-ring (bicyclic) bond motifs is 2. The summed E-state index contributed by atoms with van der Waals surface area (Å²) < 4.78 is 6.46. The number of carbonyl (C=O) groups excluding carboxylic acids is 1. The van der Waals surface area contributed by atoms with Crippen molar-refractivity contribution in [3.63, 3.8) is 0 Å². The maximum atomic E-state index is 13.2. The Morgan fingerprint density at radius 2 is 1.82 bits per heavy atom. The molecule has 0 saturated heterocycles. The van der Waals surface area contributed by atoms with Crippen molar-refractivity contribution in [3.05, 3.63) is 74.7 Å². The summed E-state index contributed by atoms with van der Waals surface area (Å²) in [6, 6.07) is 8.34. The average Bonchev–Trinajstić information content (AvgIpc) is 2.78. The van der Waals surface area contributed by atoms with Gasteiger partial charge in [0.25, 0.3) is 11.5 Å². The van der Waals surface area contributed by atoms with Gasteiger partial charge in [-0.2, -0.15) is 0 Å². The molecule has 2 heterocycles. The highest BCUT2D eigenvalue weighted by molar-refractivity contribution is 5.96. The Morgan fingerprint density at radius 1 is 1.03 bits per heavy atom. The summed E-state index contributed by atoms with van der Waals surface area (Å²) in [5.41, 5.74) is 3.87. The first-order valence-electron chi connectivity index (χ1n) is 12.0. The molecule has 6 heteroatoms. The molecule has 33 heavy (non-hydrogen) atoms. The minimum Gasteiger partial charge on any atom is -0.490 e. The number of allylic oxidation sites excluding steroid dienone is 2. The van der Waals surface area contributed by atoms with Crippen molar-refractivity contribution >= 4 is 5.91 Å². The van der Waals surface area contributed by atoms with Gasteiger partial charge >= 0.3 is 0 Å². The molecule has 4 rings (SSSR count). The second-order valence-electron chi connectivity index (χ2n) is 9.48. The van der Waals surface area contributed by atoms with Crippen molar-refractivity contribution in [1.29, 1.82) is 0 Å².